The minimum Gasteiger partial charge on any atom is -0.339 e. The third kappa shape index (κ3) is 3.91. The van der Waals surface area contributed by atoms with Crippen LogP contribution in [-0.4, -0.2) is 83.6 Å². The van der Waals surface area contributed by atoms with E-state index in [1.165, 1.54) is 17.0 Å². The summed E-state index contributed by atoms with van der Waals surface area (Å²) in [6.07, 6.45) is 0.897. The predicted molar refractivity (Wildman–Crippen MR) is 106 cm³/mol. The smallest absolute Gasteiger partial charge is 0.244 e. The lowest BCUT2D eigenvalue weighted by Crippen LogP contribution is -2.55. The van der Waals surface area contributed by atoms with Gasteiger partial charge in [-0.25, -0.2) is 4.39 Å². The van der Waals surface area contributed by atoms with Gasteiger partial charge in [-0.3, -0.25) is 29.0 Å². The molecule has 0 N–H and O–H groups in total. The lowest BCUT2D eigenvalue weighted by atomic mass is 10.1. The van der Waals surface area contributed by atoms with Crippen LogP contribution >= 0.6 is 11.6 Å². The van der Waals surface area contributed by atoms with Crippen LogP contribution in [0.25, 0.3) is 0 Å². The van der Waals surface area contributed by atoms with E-state index in [1.54, 1.807) is 11.0 Å². The summed E-state index contributed by atoms with van der Waals surface area (Å²) in [7, 11) is 0. The van der Waals surface area contributed by atoms with Gasteiger partial charge in [-0.1, -0.05) is 11.6 Å². The third-order valence-electron chi connectivity index (χ3n) is 5.93. The molecule has 10 heteroatoms. The van der Waals surface area contributed by atoms with Gasteiger partial charge in [0.25, 0.3) is 0 Å². The highest BCUT2D eigenvalue weighted by Crippen LogP contribution is 2.29. The predicted octanol–water partition coefficient (Wildman–Crippen LogP) is 0.878. The van der Waals surface area contributed by atoms with Crippen LogP contribution in [0.15, 0.2) is 18.2 Å². The van der Waals surface area contributed by atoms with E-state index in [4.69, 9.17) is 11.6 Å². The molecule has 1 aromatic rings. The van der Waals surface area contributed by atoms with Crippen molar-refractivity contribution in [1.29, 1.82) is 0 Å². The first-order chi connectivity index (χ1) is 14.3. The number of nitrogens with zero attached hydrogens (tertiary/aromatic N) is 4. The van der Waals surface area contributed by atoms with Crippen molar-refractivity contribution in [2.45, 2.75) is 25.3 Å². The number of rotatable bonds is 4. The molecule has 8 nitrogen and oxygen atoms in total. The SMILES string of the molecule is O=C(CN1C(=O)CCC1=O)N1CCN(C2CCN(c3ccc(Cl)cc3F)C2=O)CC1. The molecule has 0 spiro atoms. The molecule has 1 aromatic carbocycles. The van der Waals surface area contributed by atoms with Crippen molar-refractivity contribution in [1.82, 2.24) is 14.7 Å². The Balaban J connectivity index is 1.33. The Morgan fingerprint density at radius 1 is 1.03 bits per heavy atom. The van der Waals surface area contributed by atoms with Crippen molar-refractivity contribution in [3.63, 3.8) is 0 Å². The number of imide groups is 1. The second kappa shape index (κ2) is 8.31. The highest BCUT2D eigenvalue weighted by atomic mass is 35.5. The molecule has 0 bridgehead atoms. The molecular weight excluding hydrogens is 415 g/mol. The molecule has 3 saturated heterocycles. The van der Waals surface area contributed by atoms with Gasteiger partial charge < -0.3 is 9.80 Å². The zero-order chi connectivity index (χ0) is 21.4. The summed E-state index contributed by atoms with van der Waals surface area (Å²) in [4.78, 5) is 54.9. The summed E-state index contributed by atoms with van der Waals surface area (Å²) in [6, 6.07) is 3.90. The number of likely N-dealkylation sites (tertiary alicyclic amines) is 1. The van der Waals surface area contributed by atoms with Gasteiger partial charge >= 0.3 is 0 Å². The number of halogens is 2. The van der Waals surface area contributed by atoms with Gasteiger partial charge in [0.2, 0.25) is 23.6 Å². The molecule has 1 unspecified atom stereocenters. The zero-order valence-corrected chi connectivity index (χ0v) is 17.1. The minimum atomic E-state index is -0.530. The molecule has 1 atom stereocenters. The summed E-state index contributed by atoms with van der Waals surface area (Å²) in [6.45, 7) is 2.02. The van der Waals surface area contributed by atoms with Crippen molar-refractivity contribution < 1.29 is 23.6 Å². The zero-order valence-electron chi connectivity index (χ0n) is 16.4. The van der Waals surface area contributed by atoms with E-state index in [-0.39, 0.29) is 59.8 Å². The van der Waals surface area contributed by atoms with Crippen LogP contribution in [0.2, 0.25) is 5.02 Å². The molecule has 4 amide bonds. The van der Waals surface area contributed by atoms with Crippen molar-refractivity contribution in [2.75, 3.05) is 44.2 Å². The Morgan fingerprint density at radius 2 is 1.70 bits per heavy atom. The molecule has 0 aliphatic carbocycles. The van der Waals surface area contributed by atoms with Crippen LogP contribution in [0.5, 0.6) is 0 Å². The Hall–Kier alpha value is -2.52. The fraction of sp³-hybridized carbons (Fsp3) is 0.500. The van der Waals surface area contributed by atoms with E-state index in [0.29, 0.717) is 39.1 Å². The van der Waals surface area contributed by atoms with E-state index in [1.807, 2.05) is 4.90 Å². The van der Waals surface area contributed by atoms with E-state index >= 15 is 0 Å². The van der Waals surface area contributed by atoms with E-state index < -0.39 is 5.82 Å². The first-order valence-electron chi connectivity index (χ1n) is 9.96. The van der Waals surface area contributed by atoms with E-state index in [0.717, 1.165) is 4.90 Å². The fourth-order valence-corrected chi connectivity index (χ4v) is 4.42. The van der Waals surface area contributed by atoms with Gasteiger partial charge in [0.1, 0.15) is 12.4 Å². The highest BCUT2D eigenvalue weighted by molar-refractivity contribution is 6.30. The standard InChI is InChI=1S/C20H22ClFN4O4/c21-13-1-2-15(14(22)11-13)25-6-5-16(20(25)30)23-7-9-24(10-8-23)19(29)12-26-17(27)3-4-18(26)28/h1-2,11,16H,3-10,12H2. The Morgan fingerprint density at radius 3 is 2.33 bits per heavy atom. The molecule has 0 radical (unpaired) electrons. The number of amides is 4. The molecule has 3 aliphatic heterocycles. The maximum absolute atomic E-state index is 14.2. The van der Waals surface area contributed by atoms with Gasteiger partial charge in [-0.2, -0.15) is 0 Å². The van der Waals surface area contributed by atoms with Crippen LogP contribution in [0.3, 0.4) is 0 Å². The minimum absolute atomic E-state index is 0.161. The van der Waals surface area contributed by atoms with Crippen LogP contribution in [0, 0.1) is 5.82 Å². The van der Waals surface area contributed by atoms with Crippen LogP contribution < -0.4 is 4.90 Å². The second-order valence-corrected chi connectivity index (χ2v) is 8.12. The third-order valence-corrected chi connectivity index (χ3v) is 6.17. The average molecular weight is 437 g/mol. The first kappa shape index (κ1) is 20.7. The average Bonchev–Trinajstić information content (AvgIpc) is 3.25. The lowest BCUT2D eigenvalue weighted by molar-refractivity contribution is -0.146. The molecule has 160 valence electrons. The summed E-state index contributed by atoms with van der Waals surface area (Å²) < 4.78 is 14.2. The largest absolute Gasteiger partial charge is 0.339 e. The normalized spacial score (nSPS) is 23.1. The van der Waals surface area contributed by atoms with Crippen molar-refractivity contribution in [3.05, 3.63) is 29.0 Å². The number of hydrogen-bond donors (Lipinski definition) is 0. The van der Waals surface area contributed by atoms with Gasteiger partial charge in [-0.05, 0) is 24.6 Å². The summed E-state index contributed by atoms with van der Waals surface area (Å²) >= 11 is 5.79. The molecule has 0 aromatic heterocycles. The second-order valence-electron chi connectivity index (χ2n) is 7.68. The maximum atomic E-state index is 14.2. The number of carbonyl (C=O) groups excluding carboxylic acids is 4. The molecule has 3 aliphatic rings. The first-order valence-corrected chi connectivity index (χ1v) is 10.3. The maximum Gasteiger partial charge on any atom is 0.244 e. The van der Waals surface area contributed by atoms with E-state index in [2.05, 4.69) is 0 Å². The Bertz CT molecular complexity index is 887. The molecular formula is C20H22ClFN4O4. The van der Waals surface area contributed by atoms with Gasteiger partial charge in [-0.15, -0.1) is 0 Å². The molecule has 3 fully saturated rings. The Kier molecular flexibility index (Phi) is 5.75. The van der Waals surface area contributed by atoms with Crippen molar-refractivity contribution >= 4 is 40.9 Å². The lowest BCUT2D eigenvalue weighted by Gasteiger charge is -2.37. The van der Waals surface area contributed by atoms with Gasteiger partial charge in [0.15, 0.2) is 0 Å². The van der Waals surface area contributed by atoms with Crippen LogP contribution in [0.1, 0.15) is 19.3 Å². The van der Waals surface area contributed by atoms with Gasteiger partial charge in [0.05, 0.1) is 11.7 Å². The molecule has 0 saturated carbocycles. The number of anilines is 1. The molecule has 30 heavy (non-hydrogen) atoms. The number of benzene rings is 1. The highest BCUT2D eigenvalue weighted by Gasteiger charge is 2.39. The number of piperazine rings is 1. The molecule has 3 heterocycles. The quantitative estimate of drug-likeness (QED) is 0.654. The monoisotopic (exact) mass is 436 g/mol. The van der Waals surface area contributed by atoms with E-state index in [9.17, 15) is 23.6 Å². The number of hydrogen-bond acceptors (Lipinski definition) is 5. The summed E-state index contributed by atoms with van der Waals surface area (Å²) in [5, 5.41) is 0.276. The van der Waals surface area contributed by atoms with Crippen LogP contribution in [0.4, 0.5) is 10.1 Å². The fourth-order valence-electron chi connectivity index (χ4n) is 4.26. The molecule has 4 rings (SSSR count). The van der Waals surface area contributed by atoms with Crippen molar-refractivity contribution in [3.8, 4) is 0 Å². The van der Waals surface area contributed by atoms with Crippen LogP contribution in [-0.2, 0) is 19.2 Å². The summed E-state index contributed by atoms with van der Waals surface area (Å²) in [5.74, 6) is -1.57. The summed E-state index contributed by atoms with van der Waals surface area (Å²) in [5.41, 5.74) is 0.223. The Labute approximate surface area is 178 Å². The van der Waals surface area contributed by atoms with Crippen molar-refractivity contribution in [2.24, 2.45) is 0 Å². The van der Waals surface area contributed by atoms with Gasteiger partial charge in [0, 0.05) is 50.6 Å². The number of carbonyl (C=O) groups is 4. The topological polar surface area (TPSA) is 81.2 Å².